The van der Waals surface area contributed by atoms with Crippen molar-refractivity contribution >= 4 is 96.9 Å². The fourth-order valence-electron chi connectivity index (χ4n) is 4.98. The number of halogens is 3. The Kier molecular flexibility index (Phi) is 16.5. The summed E-state index contributed by atoms with van der Waals surface area (Å²) >= 11 is 16.6. The summed E-state index contributed by atoms with van der Waals surface area (Å²) in [6.07, 6.45) is 2.69. The van der Waals surface area contributed by atoms with E-state index in [4.69, 9.17) is 61.0 Å². The number of anilines is 2. The molecule has 0 bridgehead atoms. The molecule has 2 atom stereocenters. The van der Waals surface area contributed by atoms with Gasteiger partial charge in [0, 0.05) is 51.6 Å². The summed E-state index contributed by atoms with van der Waals surface area (Å²) in [5.74, 6) is -5.77. The van der Waals surface area contributed by atoms with Crippen molar-refractivity contribution in [2.24, 2.45) is 10.2 Å². The Morgan fingerprint density at radius 2 is 1.56 bits per heavy atom. The number of rotatable bonds is 9. The van der Waals surface area contributed by atoms with Gasteiger partial charge in [-0.05, 0) is 54.1 Å². The van der Waals surface area contributed by atoms with Crippen LogP contribution in [0.1, 0.15) is 21.5 Å². The van der Waals surface area contributed by atoms with E-state index >= 15 is 0 Å². The molecule has 0 saturated heterocycles. The molecule has 59 heavy (non-hydrogen) atoms. The molecule has 2 amide bonds. The molecule has 2 heterocycles. The molecule has 0 aliphatic carbocycles. The average Bonchev–Trinajstić information content (AvgIpc) is 3.58. The van der Waals surface area contributed by atoms with Crippen LogP contribution in [0.5, 0.6) is 0 Å². The van der Waals surface area contributed by atoms with Crippen molar-refractivity contribution in [3.8, 4) is 0 Å². The van der Waals surface area contributed by atoms with Gasteiger partial charge in [0.25, 0.3) is 21.6 Å². The predicted octanol–water partition coefficient (Wildman–Crippen LogP) is 5.71. The van der Waals surface area contributed by atoms with E-state index in [0.717, 1.165) is 28.6 Å². The van der Waals surface area contributed by atoms with Crippen molar-refractivity contribution in [3.05, 3.63) is 136 Å². The van der Waals surface area contributed by atoms with Crippen molar-refractivity contribution in [2.45, 2.75) is 22.9 Å². The highest BCUT2D eigenvalue weighted by molar-refractivity contribution is 7.86. The molecule has 1 aliphatic rings. The van der Waals surface area contributed by atoms with Crippen LogP contribution < -0.4 is 16.8 Å². The Morgan fingerprint density at radius 3 is 2.10 bits per heavy atom. The number of aliphatic carboxylic acids is 2. The topological polar surface area (TPSA) is 325 Å². The monoisotopic (exact) mass is 890 g/mol. The van der Waals surface area contributed by atoms with Crippen LogP contribution in [0.25, 0.3) is 10.9 Å². The van der Waals surface area contributed by atoms with Gasteiger partial charge in [0.2, 0.25) is 5.91 Å². The first-order valence-corrected chi connectivity index (χ1v) is 19.0. The van der Waals surface area contributed by atoms with Gasteiger partial charge in [-0.2, -0.15) is 13.5 Å². The average molecular weight is 892 g/mol. The Bertz CT molecular complexity index is 2550. The lowest BCUT2D eigenvalue weighted by atomic mass is 9.88. The van der Waals surface area contributed by atoms with E-state index in [9.17, 15) is 42.6 Å². The maximum atomic E-state index is 11.4. The quantitative estimate of drug-likeness (QED) is 0.0487. The third-order valence-electron chi connectivity index (χ3n) is 7.76. The molecule has 0 saturated carbocycles. The summed E-state index contributed by atoms with van der Waals surface area (Å²) < 4.78 is 29.9. The number of para-hydroxylation sites is 2. The number of H-pyrrole nitrogens is 1. The van der Waals surface area contributed by atoms with Crippen LogP contribution in [-0.2, 0) is 41.3 Å². The summed E-state index contributed by atoms with van der Waals surface area (Å²) in [7, 11) is -4.27. The van der Waals surface area contributed by atoms with E-state index in [1.54, 1.807) is 30.5 Å². The van der Waals surface area contributed by atoms with Gasteiger partial charge in [-0.3, -0.25) is 14.1 Å². The van der Waals surface area contributed by atoms with Crippen LogP contribution >= 0.6 is 34.8 Å². The number of alkyl halides is 1. The minimum Gasteiger partial charge on any atom is -0.508 e. The minimum absolute atomic E-state index is 0.0494. The van der Waals surface area contributed by atoms with E-state index in [2.05, 4.69) is 20.5 Å². The second kappa shape index (κ2) is 20.8. The van der Waals surface area contributed by atoms with Gasteiger partial charge < -0.3 is 42.2 Å². The number of carbonyl (C=O) groups excluding carboxylic acids is 2. The molecule has 0 fully saturated rings. The van der Waals surface area contributed by atoms with E-state index in [0.29, 0.717) is 5.69 Å². The van der Waals surface area contributed by atoms with E-state index in [1.807, 2.05) is 24.3 Å². The van der Waals surface area contributed by atoms with Crippen LogP contribution in [0, 0.1) is 0 Å². The number of nitrogens with one attached hydrogen (secondary N) is 2. The third-order valence-corrected chi connectivity index (χ3v) is 9.57. The summed E-state index contributed by atoms with van der Waals surface area (Å²) in [6, 6.07) is 22.7. The van der Waals surface area contributed by atoms with Crippen molar-refractivity contribution < 1.29 is 57.4 Å². The van der Waals surface area contributed by atoms with Gasteiger partial charge in [0.05, 0.1) is 10.6 Å². The number of aromatic nitrogens is 1. The van der Waals surface area contributed by atoms with Crippen molar-refractivity contribution in [3.63, 3.8) is 0 Å². The first-order chi connectivity index (χ1) is 27.7. The first kappa shape index (κ1) is 46.9. The van der Waals surface area contributed by atoms with Crippen LogP contribution in [-0.4, -0.2) is 80.0 Å². The zero-order valence-electron chi connectivity index (χ0n) is 30.0. The zero-order valence-corrected chi connectivity index (χ0v) is 33.1. The van der Waals surface area contributed by atoms with E-state index in [-0.39, 0.29) is 44.1 Å². The second-order valence-electron chi connectivity index (χ2n) is 11.8. The smallest absolute Gasteiger partial charge is 0.346 e. The molecular formula is C37H33Cl3N6O12S. The summed E-state index contributed by atoms with van der Waals surface area (Å²) in [4.78, 5) is 57.8. The molecule has 11 N–H and O–H groups in total. The lowest BCUT2D eigenvalue weighted by Crippen LogP contribution is -2.42. The predicted molar refractivity (Wildman–Crippen MR) is 217 cm³/mol. The number of azo groups is 1. The first-order valence-electron chi connectivity index (χ1n) is 16.3. The number of aromatic amines is 1. The fraction of sp³-hybridized carbons (Fsp3) is 0.108. The van der Waals surface area contributed by atoms with Crippen molar-refractivity contribution in [1.29, 1.82) is 0 Å². The Hall–Kier alpha value is -6.51. The molecule has 6 rings (SSSR count). The maximum absolute atomic E-state index is 11.4. The lowest BCUT2D eigenvalue weighted by molar-refractivity contribution is -0.143. The number of amides is 2. The molecule has 5 aromatic rings. The SMILES string of the molecule is Nc1ccc(Cl)c(S(=O)(=O)O)c1.Nc1ccccc1C(=O)O.O=C(CCl)NC(Cc1c[nH]c2ccccc12)C(=O)O.O=C1C=C(O)C(C(=O)O)(c2cccc(Cl)c2)N=N1. The van der Waals surface area contributed by atoms with Gasteiger partial charge in [-0.15, -0.1) is 16.7 Å². The lowest BCUT2D eigenvalue weighted by Gasteiger charge is -2.25. The standard InChI is InChI=1S/C13H13ClN2O3.C11H7ClN2O4.C7H7NO2.C6H6ClNO3S/c14-6-12(17)16-11(13(18)19)5-8-7-15-10-4-2-1-3-9(8)10;12-7-3-1-2-6(4-7)11(10(17)18)8(15)5-9(16)13-14-11;8-6-4-2-1-3-5(6)7(9)10;7-5-2-1-4(8)3-6(5)12(9,10)11/h1-4,7,11,15H,5-6H2,(H,16,17)(H,18,19);1-5,15H,(H,17,18);1-4H,8H2,(H,9,10);1-3H,8H2,(H,9,10,11). The number of nitrogen functional groups attached to an aromatic ring is 2. The molecule has 18 nitrogen and oxygen atoms in total. The normalized spacial score (nSPS) is 14.8. The van der Waals surface area contributed by atoms with Gasteiger partial charge in [0.1, 0.15) is 22.6 Å². The second-order valence-corrected chi connectivity index (χ2v) is 14.3. The number of benzene rings is 4. The summed E-state index contributed by atoms with van der Waals surface area (Å²) in [5.41, 5.74) is 11.1. The fourth-order valence-corrected chi connectivity index (χ4v) is 6.26. The number of hydrogen-bond donors (Lipinski definition) is 9. The number of hydrogen-bond acceptors (Lipinski definition) is 11. The number of carboxylic acid groups (broad SMARTS) is 3. The number of aliphatic hydroxyl groups is 1. The number of nitrogens with two attached hydrogens (primary N) is 2. The molecular weight excluding hydrogens is 859 g/mol. The van der Waals surface area contributed by atoms with Gasteiger partial charge in [-0.25, -0.2) is 14.4 Å². The molecule has 0 radical (unpaired) electrons. The Labute approximate surface area is 349 Å². The number of aliphatic hydroxyl groups excluding tert-OH is 1. The number of fused-ring (bicyclic) bond motifs is 1. The van der Waals surface area contributed by atoms with Crippen molar-refractivity contribution in [1.82, 2.24) is 10.3 Å². The summed E-state index contributed by atoms with van der Waals surface area (Å²) in [6.45, 7) is 0. The van der Waals surface area contributed by atoms with Crippen LogP contribution in [0.4, 0.5) is 11.4 Å². The number of aromatic carboxylic acids is 1. The summed E-state index contributed by atoms with van der Waals surface area (Å²) in [5, 5.41) is 46.8. The van der Waals surface area contributed by atoms with Gasteiger partial charge >= 0.3 is 17.9 Å². The molecule has 4 aromatic carbocycles. The largest absolute Gasteiger partial charge is 0.508 e. The van der Waals surface area contributed by atoms with Crippen LogP contribution in [0.3, 0.4) is 0 Å². The number of carbonyl (C=O) groups is 5. The van der Waals surface area contributed by atoms with Gasteiger partial charge in [-0.1, -0.05) is 65.7 Å². The van der Waals surface area contributed by atoms with Gasteiger partial charge in [0.15, 0.2) is 0 Å². The molecule has 2 unspecified atom stereocenters. The molecule has 1 aromatic heterocycles. The Balaban J connectivity index is 0.000000217. The molecule has 22 heteroatoms. The van der Waals surface area contributed by atoms with E-state index in [1.165, 1.54) is 36.4 Å². The highest BCUT2D eigenvalue weighted by Crippen LogP contribution is 2.36. The number of carboxylic acids is 3. The molecule has 310 valence electrons. The zero-order chi connectivity index (χ0) is 44.1. The highest BCUT2D eigenvalue weighted by Gasteiger charge is 2.48. The van der Waals surface area contributed by atoms with Crippen LogP contribution in [0.15, 0.2) is 124 Å². The Morgan fingerprint density at radius 1 is 0.898 bits per heavy atom. The third kappa shape index (κ3) is 12.7. The number of nitrogens with zero attached hydrogens (tertiary/aromatic N) is 2. The van der Waals surface area contributed by atoms with E-state index < -0.39 is 57.2 Å². The maximum Gasteiger partial charge on any atom is 0.346 e. The minimum atomic E-state index is -4.27. The van der Waals surface area contributed by atoms with Crippen molar-refractivity contribution in [2.75, 3.05) is 17.3 Å². The highest BCUT2D eigenvalue weighted by atomic mass is 35.5. The molecule has 0 spiro atoms. The van der Waals surface area contributed by atoms with Crippen LogP contribution in [0.2, 0.25) is 10.0 Å². The molecule has 1 aliphatic heterocycles.